The van der Waals surface area contributed by atoms with Crippen LogP contribution in [0, 0.1) is 0 Å². The van der Waals surface area contributed by atoms with Gasteiger partial charge in [-0.2, -0.15) is 13.2 Å². The molecule has 2 heterocycles. The molecule has 1 saturated heterocycles. The third-order valence-electron chi connectivity index (χ3n) is 4.83. The minimum Gasteiger partial charge on any atom is -0.351 e. The summed E-state index contributed by atoms with van der Waals surface area (Å²) in [5.41, 5.74) is 0.457. The van der Waals surface area contributed by atoms with Crippen molar-refractivity contribution in [1.29, 1.82) is 0 Å². The first-order chi connectivity index (χ1) is 13.3. The number of halogens is 3. The highest BCUT2D eigenvalue weighted by Crippen LogP contribution is 2.29. The molecule has 4 nitrogen and oxygen atoms in total. The molecule has 2 aromatic rings. The molecule has 1 aliphatic rings. The van der Waals surface area contributed by atoms with Gasteiger partial charge in [-0.3, -0.25) is 9.69 Å². The van der Waals surface area contributed by atoms with Crippen molar-refractivity contribution in [3.8, 4) is 0 Å². The van der Waals surface area contributed by atoms with Crippen molar-refractivity contribution in [2.75, 3.05) is 18.8 Å². The van der Waals surface area contributed by atoms with E-state index in [2.05, 4.69) is 34.3 Å². The monoisotopic (exact) mass is 409 g/mol. The summed E-state index contributed by atoms with van der Waals surface area (Å²) >= 11 is 1.13. The minimum absolute atomic E-state index is 0.0832. The van der Waals surface area contributed by atoms with Gasteiger partial charge in [0.1, 0.15) is 0 Å². The van der Waals surface area contributed by atoms with Crippen LogP contribution in [-0.4, -0.2) is 40.7 Å². The highest BCUT2D eigenvalue weighted by Gasteiger charge is 2.31. The van der Waals surface area contributed by atoms with Gasteiger partial charge in [-0.15, -0.1) is 0 Å². The first-order valence-corrected chi connectivity index (χ1v) is 10.1. The van der Waals surface area contributed by atoms with E-state index in [0.29, 0.717) is 5.03 Å². The van der Waals surface area contributed by atoms with Crippen LogP contribution in [-0.2, 0) is 11.0 Å². The molecule has 0 bridgehead atoms. The second-order valence-electron chi connectivity index (χ2n) is 6.81. The van der Waals surface area contributed by atoms with Gasteiger partial charge >= 0.3 is 6.18 Å². The second-order valence-corrected chi connectivity index (χ2v) is 7.80. The van der Waals surface area contributed by atoms with Crippen LogP contribution in [0.2, 0.25) is 0 Å². The van der Waals surface area contributed by atoms with Crippen molar-refractivity contribution in [1.82, 2.24) is 15.2 Å². The Bertz CT molecular complexity index is 784. The number of hydrogen-bond acceptors (Lipinski definition) is 4. The quantitative estimate of drug-likeness (QED) is 0.729. The lowest BCUT2D eigenvalue weighted by Crippen LogP contribution is -2.38. The van der Waals surface area contributed by atoms with Crippen molar-refractivity contribution < 1.29 is 18.0 Å². The van der Waals surface area contributed by atoms with Crippen LogP contribution in [0.1, 0.15) is 30.5 Å². The van der Waals surface area contributed by atoms with Crippen LogP contribution in [0.3, 0.4) is 0 Å². The predicted molar refractivity (Wildman–Crippen MR) is 103 cm³/mol. The molecule has 2 atom stereocenters. The summed E-state index contributed by atoms with van der Waals surface area (Å²) in [5.74, 6) is -0.00534. The number of nitrogens with one attached hydrogen (secondary N) is 1. The highest BCUT2D eigenvalue weighted by molar-refractivity contribution is 7.99. The molecule has 150 valence electrons. The summed E-state index contributed by atoms with van der Waals surface area (Å²) in [4.78, 5) is 18.3. The number of nitrogens with zero attached hydrogens (tertiary/aromatic N) is 2. The van der Waals surface area contributed by atoms with Crippen molar-refractivity contribution in [3.05, 3.63) is 59.8 Å². The lowest BCUT2D eigenvalue weighted by atomic mass is 10.1. The number of alkyl halides is 3. The van der Waals surface area contributed by atoms with E-state index in [-0.39, 0.29) is 23.7 Å². The van der Waals surface area contributed by atoms with E-state index in [1.54, 1.807) is 0 Å². The van der Waals surface area contributed by atoms with E-state index >= 15 is 0 Å². The Kier molecular flexibility index (Phi) is 6.61. The maximum Gasteiger partial charge on any atom is 0.417 e. The summed E-state index contributed by atoms with van der Waals surface area (Å²) in [6.45, 7) is 3.85. The zero-order valence-electron chi connectivity index (χ0n) is 15.4. The van der Waals surface area contributed by atoms with Gasteiger partial charge in [0, 0.05) is 31.4 Å². The number of aromatic nitrogens is 1. The van der Waals surface area contributed by atoms with Crippen molar-refractivity contribution in [2.45, 2.75) is 36.6 Å². The SMILES string of the molecule is CC(c1ccccc1)N1CCC(NC(=O)CSc2ccc(C(F)(F)F)cn2)C1. The van der Waals surface area contributed by atoms with E-state index < -0.39 is 11.7 Å². The average molecular weight is 409 g/mol. The first kappa shape index (κ1) is 20.7. The Morgan fingerprint density at radius 1 is 1.29 bits per heavy atom. The van der Waals surface area contributed by atoms with Gasteiger partial charge in [-0.05, 0) is 31.0 Å². The van der Waals surface area contributed by atoms with Crippen LogP contribution in [0.5, 0.6) is 0 Å². The Labute approximate surface area is 166 Å². The fraction of sp³-hybridized carbons (Fsp3) is 0.400. The van der Waals surface area contributed by atoms with Gasteiger partial charge in [0.05, 0.1) is 16.3 Å². The molecule has 28 heavy (non-hydrogen) atoms. The third kappa shape index (κ3) is 5.48. The Hall–Kier alpha value is -2.06. The Balaban J connectivity index is 1.44. The molecule has 0 aliphatic carbocycles. The number of pyridine rings is 1. The molecule has 8 heteroatoms. The van der Waals surface area contributed by atoms with E-state index in [1.807, 2.05) is 18.2 Å². The minimum atomic E-state index is -4.40. The Morgan fingerprint density at radius 2 is 2.04 bits per heavy atom. The molecule has 0 radical (unpaired) electrons. The molecule has 1 aromatic carbocycles. The smallest absolute Gasteiger partial charge is 0.351 e. The summed E-state index contributed by atoms with van der Waals surface area (Å²) in [5, 5.41) is 3.41. The van der Waals surface area contributed by atoms with E-state index in [1.165, 1.54) is 11.6 Å². The maximum atomic E-state index is 12.5. The molecule has 2 unspecified atom stereocenters. The molecule has 1 N–H and O–H groups in total. The third-order valence-corrected chi connectivity index (χ3v) is 5.77. The fourth-order valence-corrected chi connectivity index (χ4v) is 3.90. The molecule has 1 fully saturated rings. The van der Waals surface area contributed by atoms with Crippen LogP contribution in [0.15, 0.2) is 53.7 Å². The molecule has 0 spiro atoms. The molecule has 1 aromatic heterocycles. The molecule has 3 rings (SSSR count). The van der Waals surface area contributed by atoms with Crippen molar-refractivity contribution in [2.24, 2.45) is 0 Å². The van der Waals surface area contributed by atoms with Crippen molar-refractivity contribution >= 4 is 17.7 Å². The average Bonchev–Trinajstić information content (AvgIpc) is 3.14. The zero-order chi connectivity index (χ0) is 20.1. The van der Waals surface area contributed by atoms with Gasteiger partial charge in [0.25, 0.3) is 0 Å². The van der Waals surface area contributed by atoms with Gasteiger partial charge in [0.15, 0.2) is 0 Å². The molecular weight excluding hydrogens is 387 g/mol. The number of thioether (sulfide) groups is 1. The zero-order valence-corrected chi connectivity index (χ0v) is 16.3. The first-order valence-electron chi connectivity index (χ1n) is 9.07. The number of benzene rings is 1. The summed E-state index contributed by atoms with van der Waals surface area (Å²) in [7, 11) is 0. The summed E-state index contributed by atoms with van der Waals surface area (Å²) in [6.07, 6.45) is -2.73. The normalized spacial score (nSPS) is 18.8. The lowest BCUT2D eigenvalue weighted by Gasteiger charge is -2.24. The van der Waals surface area contributed by atoms with Crippen LogP contribution >= 0.6 is 11.8 Å². The van der Waals surface area contributed by atoms with Gasteiger partial charge in [0.2, 0.25) is 5.91 Å². The fourth-order valence-electron chi connectivity index (χ4n) is 3.24. The lowest BCUT2D eigenvalue weighted by molar-refractivity contribution is -0.137. The van der Waals surface area contributed by atoms with Gasteiger partial charge in [-0.25, -0.2) is 4.98 Å². The van der Waals surface area contributed by atoms with E-state index in [4.69, 9.17) is 0 Å². The molecule has 1 amide bonds. The second kappa shape index (κ2) is 8.96. The largest absolute Gasteiger partial charge is 0.417 e. The van der Waals surface area contributed by atoms with E-state index in [0.717, 1.165) is 43.5 Å². The number of rotatable bonds is 6. The molecular formula is C20H22F3N3OS. The number of amides is 1. The highest BCUT2D eigenvalue weighted by atomic mass is 32.2. The number of hydrogen-bond donors (Lipinski definition) is 1. The number of carbonyl (C=O) groups excluding carboxylic acids is 1. The van der Waals surface area contributed by atoms with Crippen LogP contribution in [0.4, 0.5) is 13.2 Å². The predicted octanol–water partition coefficient (Wildman–Crippen LogP) is 4.14. The van der Waals surface area contributed by atoms with Crippen LogP contribution < -0.4 is 5.32 Å². The van der Waals surface area contributed by atoms with Gasteiger partial charge < -0.3 is 5.32 Å². The Morgan fingerprint density at radius 3 is 2.68 bits per heavy atom. The standard InChI is InChI=1S/C20H22F3N3OS/c1-14(15-5-3-2-4-6-15)26-10-9-17(12-26)25-18(27)13-28-19-8-7-16(11-24-19)20(21,22)23/h2-8,11,14,17H,9-10,12-13H2,1H3,(H,25,27). The van der Waals surface area contributed by atoms with E-state index in [9.17, 15) is 18.0 Å². The molecule has 0 saturated carbocycles. The number of likely N-dealkylation sites (tertiary alicyclic amines) is 1. The van der Waals surface area contributed by atoms with Gasteiger partial charge in [-0.1, -0.05) is 42.1 Å². The maximum absolute atomic E-state index is 12.5. The summed E-state index contributed by atoms with van der Waals surface area (Å²) < 4.78 is 37.6. The molecule has 1 aliphatic heterocycles. The van der Waals surface area contributed by atoms with Crippen LogP contribution in [0.25, 0.3) is 0 Å². The topological polar surface area (TPSA) is 45.2 Å². The number of carbonyl (C=O) groups is 1. The summed E-state index contributed by atoms with van der Waals surface area (Å²) in [6, 6.07) is 12.9. The van der Waals surface area contributed by atoms with Crippen molar-refractivity contribution in [3.63, 3.8) is 0 Å².